The molecule has 0 aromatic rings. The molecule has 2 aliphatic rings. The van der Waals surface area contributed by atoms with Crippen molar-refractivity contribution in [3.05, 3.63) is 24.3 Å². The highest BCUT2D eigenvalue weighted by Gasteiger charge is 2.38. The number of nitrogens with zero attached hydrogens (tertiary/aromatic N) is 1. The van der Waals surface area contributed by atoms with Crippen molar-refractivity contribution in [2.24, 2.45) is 23.5 Å². The molecule has 0 aromatic heterocycles. The van der Waals surface area contributed by atoms with Crippen molar-refractivity contribution >= 4 is 11.8 Å². The molecule has 2 rings (SSSR count). The van der Waals surface area contributed by atoms with Crippen molar-refractivity contribution in [2.45, 2.75) is 45.2 Å². The van der Waals surface area contributed by atoms with Crippen molar-refractivity contribution in [3.63, 3.8) is 0 Å². The number of hydrogen-bond donors (Lipinski definition) is 2. The van der Waals surface area contributed by atoms with Gasteiger partial charge in [0.2, 0.25) is 11.8 Å². The van der Waals surface area contributed by atoms with Crippen LogP contribution in [0.25, 0.3) is 0 Å². The van der Waals surface area contributed by atoms with Gasteiger partial charge in [-0.3, -0.25) is 9.59 Å². The van der Waals surface area contributed by atoms with Gasteiger partial charge < -0.3 is 16.0 Å². The Balaban J connectivity index is 2.16. The van der Waals surface area contributed by atoms with Gasteiger partial charge >= 0.3 is 0 Å². The van der Waals surface area contributed by atoms with Crippen LogP contribution in [0.2, 0.25) is 0 Å². The lowest BCUT2D eigenvalue weighted by atomic mass is 9.81. The molecule has 5 heteroatoms. The van der Waals surface area contributed by atoms with Gasteiger partial charge in [0.25, 0.3) is 0 Å². The maximum absolute atomic E-state index is 12.7. The summed E-state index contributed by atoms with van der Waals surface area (Å²) in [6.45, 7) is 4.53. The van der Waals surface area contributed by atoms with E-state index in [-0.39, 0.29) is 17.7 Å². The Kier molecular flexibility index (Phi) is 5.99. The van der Waals surface area contributed by atoms with Gasteiger partial charge in [-0.1, -0.05) is 38.2 Å². The molecule has 0 aromatic carbocycles. The minimum absolute atomic E-state index is 0.0557. The Morgan fingerprint density at radius 2 is 2.13 bits per heavy atom. The van der Waals surface area contributed by atoms with Gasteiger partial charge in [-0.25, -0.2) is 0 Å². The number of carbonyl (C=O) groups excluding carboxylic acids is 2. The largest absolute Gasteiger partial charge is 0.357 e. The third kappa shape index (κ3) is 4.02. The van der Waals surface area contributed by atoms with Crippen LogP contribution in [0.4, 0.5) is 0 Å². The third-order valence-corrected chi connectivity index (χ3v) is 5.00. The van der Waals surface area contributed by atoms with Crippen LogP contribution in [0.15, 0.2) is 24.3 Å². The van der Waals surface area contributed by atoms with Gasteiger partial charge in [-0.2, -0.15) is 0 Å². The second-order valence-electron chi connectivity index (χ2n) is 6.94. The zero-order chi connectivity index (χ0) is 17.0. The van der Waals surface area contributed by atoms with Gasteiger partial charge in [0.15, 0.2) is 0 Å². The van der Waals surface area contributed by atoms with Crippen LogP contribution >= 0.6 is 0 Å². The first kappa shape index (κ1) is 17.7. The molecule has 0 spiro atoms. The van der Waals surface area contributed by atoms with Gasteiger partial charge in [-0.15, -0.1) is 0 Å². The number of likely N-dealkylation sites (tertiary alicyclic amines) is 1. The van der Waals surface area contributed by atoms with E-state index in [1.807, 2.05) is 13.8 Å². The fraction of sp³-hybridized carbons (Fsp3) is 0.667. The highest BCUT2D eigenvalue weighted by Crippen LogP contribution is 2.31. The predicted octanol–water partition coefficient (Wildman–Crippen LogP) is 1.46. The van der Waals surface area contributed by atoms with Crippen LogP contribution in [0, 0.1) is 17.8 Å². The van der Waals surface area contributed by atoms with Gasteiger partial charge in [-0.05, 0) is 37.0 Å². The smallest absolute Gasteiger partial charge is 0.242 e. The molecule has 0 bridgehead atoms. The molecule has 4 unspecified atom stereocenters. The SMILES string of the molecule is CNC(=O)C(C(C)C)N1CCC(C2C=CC=CC2)CC(N)C1=O. The lowest BCUT2D eigenvalue weighted by molar-refractivity contribution is -0.142. The summed E-state index contributed by atoms with van der Waals surface area (Å²) in [6.07, 6.45) is 11.1. The van der Waals surface area contributed by atoms with E-state index >= 15 is 0 Å². The second kappa shape index (κ2) is 7.77. The first-order valence-corrected chi connectivity index (χ1v) is 8.56. The standard InChI is InChI=1S/C18H29N3O2/c1-12(2)16(17(22)20-3)21-10-9-14(11-15(19)18(21)23)13-7-5-4-6-8-13/h4-7,12-16H,8-11,19H2,1-3H3,(H,20,22). The van der Waals surface area contributed by atoms with Gasteiger partial charge in [0.05, 0.1) is 6.04 Å². The molecule has 2 amide bonds. The summed E-state index contributed by atoms with van der Waals surface area (Å²) in [5.41, 5.74) is 6.18. The molecule has 1 aliphatic heterocycles. The number of likely N-dealkylation sites (N-methyl/N-ethyl adjacent to an activating group) is 1. The monoisotopic (exact) mass is 319 g/mol. The maximum Gasteiger partial charge on any atom is 0.242 e. The fourth-order valence-corrected chi connectivity index (χ4v) is 3.74. The lowest BCUT2D eigenvalue weighted by Gasteiger charge is -2.33. The Hall–Kier alpha value is -1.62. The van der Waals surface area contributed by atoms with E-state index in [1.165, 1.54) is 0 Å². The summed E-state index contributed by atoms with van der Waals surface area (Å²) in [5.74, 6) is 0.679. The number of nitrogens with one attached hydrogen (secondary N) is 1. The van der Waals surface area contributed by atoms with E-state index in [4.69, 9.17) is 5.73 Å². The minimum Gasteiger partial charge on any atom is -0.357 e. The molecule has 1 heterocycles. The van der Waals surface area contributed by atoms with Crippen molar-refractivity contribution in [1.29, 1.82) is 0 Å². The van der Waals surface area contributed by atoms with Crippen LogP contribution in [0.1, 0.15) is 33.1 Å². The van der Waals surface area contributed by atoms with E-state index < -0.39 is 12.1 Å². The average Bonchev–Trinajstić information content (AvgIpc) is 2.69. The summed E-state index contributed by atoms with van der Waals surface area (Å²) < 4.78 is 0. The third-order valence-electron chi connectivity index (χ3n) is 5.00. The molecular formula is C18H29N3O2. The van der Waals surface area contributed by atoms with Crippen LogP contribution in [-0.2, 0) is 9.59 Å². The predicted molar refractivity (Wildman–Crippen MR) is 91.5 cm³/mol. The molecule has 3 N–H and O–H groups in total. The summed E-state index contributed by atoms with van der Waals surface area (Å²) in [7, 11) is 1.61. The number of hydrogen-bond acceptors (Lipinski definition) is 3. The summed E-state index contributed by atoms with van der Waals surface area (Å²) in [4.78, 5) is 26.7. The van der Waals surface area contributed by atoms with E-state index in [9.17, 15) is 9.59 Å². The second-order valence-corrected chi connectivity index (χ2v) is 6.94. The molecule has 23 heavy (non-hydrogen) atoms. The zero-order valence-electron chi connectivity index (χ0n) is 14.4. The molecule has 1 saturated heterocycles. The van der Waals surface area contributed by atoms with Crippen molar-refractivity contribution in [1.82, 2.24) is 10.2 Å². The van der Waals surface area contributed by atoms with Gasteiger partial charge in [0.1, 0.15) is 6.04 Å². The van der Waals surface area contributed by atoms with Crippen LogP contribution in [0.3, 0.4) is 0 Å². The van der Waals surface area contributed by atoms with Crippen LogP contribution in [-0.4, -0.2) is 42.4 Å². The van der Waals surface area contributed by atoms with Crippen molar-refractivity contribution in [2.75, 3.05) is 13.6 Å². The van der Waals surface area contributed by atoms with E-state index in [0.717, 1.165) is 12.8 Å². The Labute approximate surface area is 139 Å². The molecule has 128 valence electrons. The molecule has 1 fully saturated rings. The number of allylic oxidation sites excluding steroid dienone is 4. The zero-order valence-corrected chi connectivity index (χ0v) is 14.4. The Morgan fingerprint density at radius 3 is 2.70 bits per heavy atom. The molecular weight excluding hydrogens is 290 g/mol. The summed E-state index contributed by atoms with van der Waals surface area (Å²) in [6, 6.07) is -0.966. The minimum atomic E-state index is -0.521. The summed E-state index contributed by atoms with van der Waals surface area (Å²) in [5, 5.41) is 2.68. The average molecular weight is 319 g/mol. The number of rotatable bonds is 4. The topological polar surface area (TPSA) is 75.4 Å². The highest BCUT2D eigenvalue weighted by molar-refractivity contribution is 5.90. The molecule has 0 saturated carbocycles. The van der Waals surface area contributed by atoms with E-state index in [0.29, 0.717) is 24.8 Å². The van der Waals surface area contributed by atoms with Crippen LogP contribution < -0.4 is 11.1 Å². The summed E-state index contributed by atoms with van der Waals surface area (Å²) >= 11 is 0. The van der Waals surface area contributed by atoms with Crippen LogP contribution in [0.5, 0.6) is 0 Å². The first-order valence-electron chi connectivity index (χ1n) is 8.56. The van der Waals surface area contributed by atoms with Gasteiger partial charge in [0, 0.05) is 13.6 Å². The molecule has 5 nitrogen and oxygen atoms in total. The number of amides is 2. The van der Waals surface area contributed by atoms with Crippen molar-refractivity contribution in [3.8, 4) is 0 Å². The Bertz CT molecular complexity index is 498. The number of nitrogens with two attached hydrogens (primary N) is 1. The molecule has 0 radical (unpaired) electrons. The maximum atomic E-state index is 12.7. The van der Waals surface area contributed by atoms with Crippen molar-refractivity contribution < 1.29 is 9.59 Å². The molecule has 4 atom stereocenters. The van der Waals surface area contributed by atoms with E-state index in [1.54, 1.807) is 11.9 Å². The molecule has 1 aliphatic carbocycles. The normalized spacial score (nSPS) is 29.5. The lowest BCUT2D eigenvalue weighted by Crippen LogP contribution is -2.55. The Morgan fingerprint density at radius 1 is 1.39 bits per heavy atom. The quantitative estimate of drug-likeness (QED) is 0.823. The van der Waals surface area contributed by atoms with E-state index in [2.05, 4.69) is 29.6 Å². The number of carbonyl (C=O) groups is 2. The first-order chi connectivity index (χ1) is 11.0. The fourth-order valence-electron chi connectivity index (χ4n) is 3.74. The highest BCUT2D eigenvalue weighted by atomic mass is 16.2.